The number of rotatable bonds is 5. The van der Waals surface area contributed by atoms with E-state index in [9.17, 15) is 4.79 Å². The van der Waals surface area contributed by atoms with Crippen molar-refractivity contribution in [3.05, 3.63) is 29.0 Å². The molecule has 6 heteroatoms. The number of fused-ring (bicyclic) bond motifs is 1. The Morgan fingerprint density at radius 1 is 1.50 bits per heavy atom. The fourth-order valence-corrected chi connectivity index (χ4v) is 2.52. The van der Waals surface area contributed by atoms with Gasteiger partial charge in [0.2, 0.25) is 0 Å². The van der Waals surface area contributed by atoms with Crippen LogP contribution in [-0.4, -0.2) is 28.0 Å². The van der Waals surface area contributed by atoms with Gasteiger partial charge in [0.15, 0.2) is 0 Å². The van der Waals surface area contributed by atoms with E-state index in [1.165, 1.54) is 0 Å². The second-order valence-corrected chi connectivity index (χ2v) is 5.21. The van der Waals surface area contributed by atoms with Crippen molar-refractivity contribution in [1.29, 1.82) is 0 Å². The first-order chi connectivity index (χ1) is 9.58. The van der Waals surface area contributed by atoms with E-state index in [0.29, 0.717) is 23.9 Å². The second kappa shape index (κ2) is 6.46. The maximum Gasteiger partial charge on any atom is 0.328 e. The zero-order valence-electron chi connectivity index (χ0n) is 11.4. The van der Waals surface area contributed by atoms with Crippen LogP contribution in [0.1, 0.15) is 25.7 Å². The molecule has 2 aromatic rings. The Morgan fingerprint density at radius 3 is 2.90 bits per heavy atom. The molecule has 1 heterocycles. The van der Waals surface area contributed by atoms with E-state index in [0.717, 1.165) is 16.9 Å². The lowest BCUT2D eigenvalue weighted by Gasteiger charge is -2.16. The van der Waals surface area contributed by atoms with Gasteiger partial charge in [0.05, 0.1) is 17.6 Å². The van der Waals surface area contributed by atoms with Crippen molar-refractivity contribution < 1.29 is 9.53 Å². The highest BCUT2D eigenvalue weighted by atomic mass is 35.5. The van der Waals surface area contributed by atoms with Crippen LogP contribution in [0.15, 0.2) is 18.2 Å². The SMILES string of the molecule is CCOC(=O)C(C)n1c(CCCl)nc2cc(Cl)ccc21. The summed E-state index contributed by atoms with van der Waals surface area (Å²) in [6.45, 7) is 3.94. The average molecular weight is 315 g/mol. The van der Waals surface area contributed by atoms with Gasteiger partial charge in [-0.05, 0) is 32.0 Å². The third-order valence-electron chi connectivity index (χ3n) is 3.06. The molecular weight excluding hydrogens is 299 g/mol. The van der Waals surface area contributed by atoms with Gasteiger partial charge in [-0.2, -0.15) is 0 Å². The standard InChI is InChI=1S/C14H16Cl2N2O2/c1-3-20-14(19)9(2)18-12-5-4-10(16)8-11(12)17-13(18)6-7-15/h4-5,8-9H,3,6-7H2,1-2H3. The zero-order chi connectivity index (χ0) is 14.7. The van der Waals surface area contributed by atoms with Crippen LogP contribution in [0, 0.1) is 0 Å². The van der Waals surface area contributed by atoms with Crippen LogP contribution >= 0.6 is 23.2 Å². The van der Waals surface area contributed by atoms with E-state index in [2.05, 4.69) is 4.98 Å². The second-order valence-electron chi connectivity index (χ2n) is 4.40. The molecule has 1 unspecified atom stereocenters. The van der Waals surface area contributed by atoms with Gasteiger partial charge in [-0.3, -0.25) is 0 Å². The summed E-state index contributed by atoms with van der Waals surface area (Å²) in [7, 11) is 0. The highest BCUT2D eigenvalue weighted by molar-refractivity contribution is 6.31. The number of carbonyl (C=O) groups is 1. The Balaban J connectivity index is 2.53. The number of aromatic nitrogens is 2. The Kier molecular flexibility index (Phi) is 4.89. The molecule has 0 spiro atoms. The number of benzene rings is 1. The number of halogens is 2. The normalized spacial score (nSPS) is 12.6. The minimum Gasteiger partial charge on any atom is -0.464 e. The van der Waals surface area contributed by atoms with E-state index in [4.69, 9.17) is 27.9 Å². The number of ether oxygens (including phenoxy) is 1. The van der Waals surface area contributed by atoms with Gasteiger partial charge in [-0.1, -0.05) is 11.6 Å². The van der Waals surface area contributed by atoms with Gasteiger partial charge in [-0.25, -0.2) is 9.78 Å². The van der Waals surface area contributed by atoms with Crippen molar-refractivity contribution in [3.8, 4) is 0 Å². The van der Waals surface area contributed by atoms with Crippen LogP contribution in [0.3, 0.4) is 0 Å². The maximum absolute atomic E-state index is 12.0. The zero-order valence-corrected chi connectivity index (χ0v) is 12.9. The summed E-state index contributed by atoms with van der Waals surface area (Å²) < 4.78 is 6.95. The number of alkyl halides is 1. The molecule has 1 atom stereocenters. The summed E-state index contributed by atoms with van der Waals surface area (Å²) in [5, 5.41) is 0.614. The van der Waals surface area contributed by atoms with Crippen molar-refractivity contribution in [1.82, 2.24) is 9.55 Å². The van der Waals surface area contributed by atoms with E-state index in [1.54, 1.807) is 26.0 Å². The molecule has 1 aromatic carbocycles. The van der Waals surface area contributed by atoms with E-state index >= 15 is 0 Å². The molecule has 0 bridgehead atoms. The van der Waals surface area contributed by atoms with E-state index < -0.39 is 6.04 Å². The molecule has 0 aliphatic heterocycles. The Labute approximate surface area is 127 Å². The summed E-state index contributed by atoms with van der Waals surface area (Å²) in [5.41, 5.74) is 1.61. The lowest BCUT2D eigenvalue weighted by atomic mass is 10.2. The predicted molar refractivity (Wildman–Crippen MR) is 80.5 cm³/mol. The highest BCUT2D eigenvalue weighted by Gasteiger charge is 2.22. The topological polar surface area (TPSA) is 44.1 Å². The number of hydrogen-bond acceptors (Lipinski definition) is 3. The fourth-order valence-electron chi connectivity index (χ4n) is 2.18. The molecule has 4 nitrogen and oxygen atoms in total. The molecule has 1 aromatic heterocycles. The molecule has 2 rings (SSSR count). The van der Waals surface area contributed by atoms with Gasteiger partial charge in [0.1, 0.15) is 11.9 Å². The van der Waals surface area contributed by atoms with Crippen LogP contribution in [-0.2, 0) is 16.0 Å². The monoisotopic (exact) mass is 314 g/mol. The Morgan fingerprint density at radius 2 is 2.25 bits per heavy atom. The minimum absolute atomic E-state index is 0.280. The Hall–Kier alpha value is -1.26. The van der Waals surface area contributed by atoms with Crippen molar-refractivity contribution in [2.75, 3.05) is 12.5 Å². The number of nitrogens with zero attached hydrogens (tertiary/aromatic N) is 2. The van der Waals surface area contributed by atoms with Gasteiger partial charge < -0.3 is 9.30 Å². The highest BCUT2D eigenvalue weighted by Crippen LogP contribution is 2.25. The van der Waals surface area contributed by atoms with Crippen LogP contribution in [0.2, 0.25) is 5.02 Å². The van der Waals surface area contributed by atoms with Crippen molar-refractivity contribution >= 4 is 40.2 Å². The van der Waals surface area contributed by atoms with Gasteiger partial charge in [-0.15, -0.1) is 11.6 Å². The van der Waals surface area contributed by atoms with Gasteiger partial charge >= 0.3 is 5.97 Å². The van der Waals surface area contributed by atoms with Crippen molar-refractivity contribution in [3.63, 3.8) is 0 Å². The molecule has 20 heavy (non-hydrogen) atoms. The Bertz CT molecular complexity index is 625. The van der Waals surface area contributed by atoms with E-state index in [-0.39, 0.29) is 5.97 Å². The number of aryl methyl sites for hydroxylation is 1. The summed E-state index contributed by atoms with van der Waals surface area (Å²) in [4.78, 5) is 16.5. The quantitative estimate of drug-likeness (QED) is 0.625. The fraction of sp³-hybridized carbons (Fsp3) is 0.429. The van der Waals surface area contributed by atoms with Crippen LogP contribution in [0.4, 0.5) is 0 Å². The van der Waals surface area contributed by atoms with Gasteiger partial charge in [0, 0.05) is 17.3 Å². The van der Waals surface area contributed by atoms with Crippen molar-refractivity contribution in [2.24, 2.45) is 0 Å². The summed E-state index contributed by atoms with van der Waals surface area (Å²) in [6.07, 6.45) is 0.581. The first-order valence-electron chi connectivity index (χ1n) is 6.47. The molecule has 0 aliphatic rings. The number of imidazole rings is 1. The molecule has 0 N–H and O–H groups in total. The lowest BCUT2D eigenvalue weighted by molar-refractivity contribution is -0.146. The summed E-state index contributed by atoms with van der Waals surface area (Å²) in [6, 6.07) is 4.98. The lowest BCUT2D eigenvalue weighted by Crippen LogP contribution is -2.21. The molecular formula is C14H16Cl2N2O2. The van der Waals surface area contributed by atoms with Gasteiger partial charge in [0.25, 0.3) is 0 Å². The third kappa shape index (κ3) is 2.91. The largest absolute Gasteiger partial charge is 0.464 e. The van der Waals surface area contributed by atoms with Crippen LogP contribution in [0.5, 0.6) is 0 Å². The van der Waals surface area contributed by atoms with E-state index in [1.807, 2.05) is 10.6 Å². The number of esters is 1. The first kappa shape index (κ1) is 15.1. The maximum atomic E-state index is 12.0. The molecule has 0 radical (unpaired) electrons. The average Bonchev–Trinajstić information content (AvgIpc) is 2.75. The van der Waals surface area contributed by atoms with Crippen LogP contribution < -0.4 is 0 Å². The van der Waals surface area contributed by atoms with Crippen LogP contribution in [0.25, 0.3) is 11.0 Å². The van der Waals surface area contributed by atoms with Crippen molar-refractivity contribution in [2.45, 2.75) is 26.3 Å². The molecule has 108 valence electrons. The third-order valence-corrected chi connectivity index (χ3v) is 3.48. The summed E-state index contributed by atoms with van der Waals surface area (Å²) >= 11 is 11.8. The smallest absolute Gasteiger partial charge is 0.328 e. The first-order valence-corrected chi connectivity index (χ1v) is 7.38. The number of carbonyl (C=O) groups excluding carboxylic acids is 1. The predicted octanol–water partition coefficient (Wildman–Crippen LogP) is 3.60. The molecule has 0 aliphatic carbocycles. The number of hydrogen-bond donors (Lipinski definition) is 0. The summed E-state index contributed by atoms with van der Waals surface area (Å²) in [5.74, 6) is 0.919. The molecule has 0 fully saturated rings. The molecule has 0 amide bonds. The molecule has 0 saturated heterocycles. The minimum atomic E-state index is -0.445. The molecule has 0 saturated carbocycles.